The molecule has 15 heavy (non-hydrogen) atoms. The number of fused-ring (bicyclic) bond motifs is 1. The van der Waals surface area contributed by atoms with Gasteiger partial charge in [-0.05, 0) is 42.9 Å². The van der Waals surface area contributed by atoms with E-state index in [0.717, 1.165) is 18.0 Å². The summed E-state index contributed by atoms with van der Waals surface area (Å²) in [6, 6.07) is 5.68. The van der Waals surface area contributed by atoms with Crippen LogP contribution in [0.5, 0.6) is 0 Å². The largest absolute Gasteiger partial charge is 0.381 e. The fraction of sp³-hybridized carbons (Fsp3) is 0.538. The molecule has 1 aliphatic heterocycles. The van der Waals surface area contributed by atoms with Crippen LogP contribution < -0.4 is 5.32 Å². The molecule has 1 aromatic carbocycles. The Morgan fingerprint density at radius 1 is 1.20 bits per heavy atom. The summed E-state index contributed by atoms with van der Waals surface area (Å²) in [7, 11) is 0. The summed E-state index contributed by atoms with van der Waals surface area (Å²) in [5, 5.41) is 3.48. The Balaban J connectivity index is 1.79. The van der Waals surface area contributed by atoms with Gasteiger partial charge in [-0.2, -0.15) is 0 Å². The minimum atomic E-state index is -0.131. The van der Waals surface area contributed by atoms with E-state index in [4.69, 9.17) is 0 Å². The highest BCUT2D eigenvalue weighted by atomic mass is 19.1. The molecule has 0 bridgehead atoms. The smallest absolute Gasteiger partial charge is 0.125 e. The zero-order valence-electron chi connectivity index (χ0n) is 8.80. The molecule has 1 aliphatic carbocycles. The van der Waals surface area contributed by atoms with Gasteiger partial charge in [0.25, 0.3) is 0 Å². The van der Waals surface area contributed by atoms with E-state index in [1.807, 2.05) is 6.07 Å². The summed E-state index contributed by atoms with van der Waals surface area (Å²) < 4.78 is 13.0. The van der Waals surface area contributed by atoms with Crippen LogP contribution in [0, 0.1) is 11.7 Å². The van der Waals surface area contributed by atoms with Crippen molar-refractivity contribution in [2.24, 2.45) is 5.92 Å². The molecule has 0 spiro atoms. The van der Waals surface area contributed by atoms with Gasteiger partial charge in [0.2, 0.25) is 0 Å². The van der Waals surface area contributed by atoms with Crippen molar-refractivity contribution in [1.82, 2.24) is 0 Å². The Morgan fingerprint density at radius 2 is 2.00 bits per heavy atom. The summed E-state index contributed by atoms with van der Waals surface area (Å²) >= 11 is 0. The second-order valence-electron chi connectivity index (χ2n) is 4.80. The number of halogens is 1. The van der Waals surface area contributed by atoms with E-state index in [0.29, 0.717) is 6.04 Å². The van der Waals surface area contributed by atoms with Crippen molar-refractivity contribution in [2.45, 2.75) is 38.1 Å². The van der Waals surface area contributed by atoms with Crippen molar-refractivity contribution < 1.29 is 4.39 Å². The highest BCUT2D eigenvalue weighted by Gasteiger charge is 2.29. The van der Waals surface area contributed by atoms with Gasteiger partial charge in [0.1, 0.15) is 5.82 Å². The standard InChI is InChI=1S/C13H16FN/c14-11-6-5-10-7-12(15-13(10)8-11)9-3-1-2-4-9/h5-6,8-9,12,15H,1-4,7H2. The molecule has 3 rings (SSSR count). The predicted molar refractivity (Wildman–Crippen MR) is 59.5 cm³/mol. The van der Waals surface area contributed by atoms with Gasteiger partial charge in [0.15, 0.2) is 0 Å². The number of hydrogen-bond donors (Lipinski definition) is 1. The maximum atomic E-state index is 13.0. The first-order valence-electron chi connectivity index (χ1n) is 5.88. The number of nitrogens with one attached hydrogen (secondary N) is 1. The molecule has 0 radical (unpaired) electrons. The van der Waals surface area contributed by atoms with Crippen molar-refractivity contribution in [2.75, 3.05) is 5.32 Å². The molecule has 2 aliphatic rings. The van der Waals surface area contributed by atoms with Gasteiger partial charge in [-0.15, -0.1) is 0 Å². The van der Waals surface area contributed by atoms with E-state index in [2.05, 4.69) is 5.32 Å². The maximum Gasteiger partial charge on any atom is 0.125 e. The van der Waals surface area contributed by atoms with Crippen LogP contribution in [0.3, 0.4) is 0 Å². The maximum absolute atomic E-state index is 13.0. The summed E-state index contributed by atoms with van der Waals surface area (Å²) in [6.45, 7) is 0. The van der Waals surface area contributed by atoms with E-state index >= 15 is 0 Å². The molecular weight excluding hydrogens is 189 g/mol. The lowest BCUT2D eigenvalue weighted by Crippen LogP contribution is -2.24. The van der Waals surface area contributed by atoms with Crippen LogP contribution in [-0.4, -0.2) is 6.04 Å². The Bertz CT molecular complexity index is 369. The van der Waals surface area contributed by atoms with Gasteiger partial charge < -0.3 is 5.32 Å². The Kier molecular flexibility index (Phi) is 2.15. The highest BCUT2D eigenvalue weighted by molar-refractivity contribution is 5.57. The van der Waals surface area contributed by atoms with Crippen LogP contribution in [-0.2, 0) is 6.42 Å². The van der Waals surface area contributed by atoms with Gasteiger partial charge in [0.05, 0.1) is 0 Å². The summed E-state index contributed by atoms with van der Waals surface area (Å²) in [4.78, 5) is 0. The van der Waals surface area contributed by atoms with E-state index < -0.39 is 0 Å². The Labute approximate surface area is 89.7 Å². The second-order valence-corrected chi connectivity index (χ2v) is 4.80. The normalized spacial score (nSPS) is 25.3. The average molecular weight is 205 g/mol. The highest BCUT2D eigenvalue weighted by Crippen LogP contribution is 2.36. The zero-order valence-corrected chi connectivity index (χ0v) is 8.80. The molecule has 1 saturated carbocycles. The lowest BCUT2D eigenvalue weighted by Gasteiger charge is -2.18. The summed E-state index contributed by atoms with van der Waals surface area (Å²) in [5.41, 5.74) is 2.31. The van der Waals surface area contributed by atoms with Crippen molar-refractivity contribution in [1.29, 1.82) is 0 Å². The third kappa shape index (κ3) is 1.62. The minimum absolute atomic E-state index is 0.131. The molecule has 1 atom stereocenters. The molecule has 1 fully saturated rings. The SMILES string of the molecule is Fc1ccc2c(c1)NC(C1CCCC1)C2. The fourth-order valence-electron chi connectivity index (χ4n) is 2.99. The molecule has 2 heteroatoms. The monoisotopic (exact) mass is 205 g/mol. The van der Waals surface area contributed by atoms with Crippen LogP contribution >= 0.6 is 0 Å². The van der Waals surface area contributed by atoms with E-state index in [9.17, 15) is 4.39 Å². The predicted octanol–water partition coefficient (Wildman–Crippen LogP) is 3.35. The molecule has 1 nitrogen and oxygen atoms in total. The molecule has 0 aromatic heterocycles. The number of rotatable bonds is 1. The lowest BCUT2D eigenvalue weighted by atomic mass is 9.95. The van der Waals surface area contributed by atoms with Crippen LogP contribution in [0.1, 0.15) is 31.2 Å². The quantitative estimate of drug-likeness (QED) is 0.741. The van der Waals surface area contributed by atoms with E-state index in [-0.39, 0.29) is 5.82 Å². The molecule has 0 saturated heterocycles. The van der Waals surface area contributed by atoms with Crippen molar-refractivity contribution >= 4 is 5.69 Å². The first-order chi connectivity index (χ1) is 7.33. The molecule has 1 aromatic rings. The van der Waals surface area contributed by atoms with Crippen molar-refractivity contribution in [3.63, 3.8) is 0 Å². The van der Waals surface area contributed by atoms with Gasteiger partial charge in [0, 0.05) is 11.7 Å². The first kappa shape index (κ1) is 9.20. The Morgan fingerprint density at radius 3 is 2.80 bits per heavy atom. The van der Waals surface area contributed by atoms with E-state index in [1.165, 1.54) is 31.2 Å². The van der Waals surface area contributed by atoms with Gasteiger partial charge in [-0.25, -0.2) is 4.39 Å². The Hall–Kier alpha value is -1.05. The second kappa shape index (κ2) is 3.51. The number of hydrogen-bond acceptors (Lipinski definition) is 1. The van der Waals surface area contributed by atoms with Gasteiger partial charge in [-0.3, -0.25) is 0 Å². The zero-order chi connectivity index (χ0) is 10.3. The topological polar surface area (TPSA) is 12.0 Å². The van der Waals surface area contributed by atoms with Gasteiger partial charge >= 0.3 is 0 Å². The van der Waals surface area contributed by atoms with Crippen LogP contribution in [0.25, 0.3) is 0 Å². The third-order valence-electron chi connectivity index (χ3n) is 3.82. The molecule has 1 unspecified atom stereocenters. The van der Waals surface area contributed by atoms with Crippen molar-refractivity contribution in [3.8, 4) is 0 Å². The van der Waals surface area contributed by atoms with Crippen molar-refractivity contribution in [3.05, 3.63) is 29.6 Å². The van der Waals surface area contributed by atoms with Crippen LogP contribution in [0.15, 0.2) is 18.2 Å². The molecule has 80 valence electrons. The first-order valence-corrected chi connectivity index (χ1v) is 5.88. The molecule has 1 heterocycles. The molecular formula is C13H16FN. The summed E-state index contributed by atoms with van der Waals surface area (Å²) in [6.07, 6.45) is 6.50. The third-order valence-corrected chi connectivity index (χ3v) is 3.82. The molecule has 1 N–H and O–H groups in total. The number of benzene rings is 1. The number of anilines is 1. The summed E-state index contributed by atoms with van der Waals surface area (Å²) in [5.74, 6) is 0.675. The van der Waals surface area contributed by atoms with E-state index in [1.54, 1.807) is 12.1 Å². The van der Waals surface area contributed by atoms with Gasteiger partial charge in [-0.1, -0.05) is 18.9 Å². The lowest BCUT2D eigenvalue weighted by molar-refractivity contribution is 0.466. The fourth-order valence-corrected chi connectivity index (χ4v) is 2.99. The minimum Gasteiger partial charge on any atom is -0.381 e. The molecule has 0 amide bonds. The average Bonchev–Trinajstić information content (AvgIpc) is 2.84. The van der Waals surface area contributed by atoms with Crippen LogP contribution in [0.2, 0.25) is 0 Å². The van der Waals surface area contributed by atoms with Crippen LogP contribution in [0.4, 0.5) is 10.1 Å².